The monoisotopic (exact) mass is 367 g/mol. The van der Waals surface area contributed by atoms with Crippen LogP contribution in [0.25, 0.3) is 0 Å². The lowest BCUT2D eigenvalue weighted by Crippen LogP contribution is -2.42. The van der Waals surface area contributed by atoms with Gasteiger partial charge in [-0.25, -0.2) is 4.79 Å². The minimum atomic E-state index is -0.490. The molecular formula is C16H22ClN5O3. The topological polar surface area (TPSA) is 117 Å². The highest BCUT2D eigenvalue weighted by molar-refractivity contribution is 6.30. The minimum Gasteiger partial charge on any atom is -0.383 e. The first kappa shape index (κ1) is 19.0. The summed E-state index contributed by atoms with van der Waals surface area (Å²) in [6.45, 7) is 1.46. The average Bonchev–Trinajstić information content (AvgIpc) is 2.61. The van der Waals surface area contributed by atoms with Crippen LogP contribution in [0, 0.1) is 0 Å². The Kier molecular flexibility index (Phi) is 6.63. The number of halogens is 1. The summed E-state index contributed by atoms with van der Waals surface area (Å²) in [4.78, 5) is 24.9. The van der Waals surface area contributed by atoms with Crippen LogP contribution in [0.1, 0.15) is 5.56 Å². The van der Waals surface area contributed by atoms with Crippen molar-refractivity contribution in [2.75, 3.05) is 30.8 Å². The first-order chi connectivity index (χ1) is 12.0. The third-order valence-electron chi connectivity index (χ3n) is 3.70. The van der Waals surface area contributed by atoms with E-state index < -0.39 is 11.2 Å². The van der Waals surface area contributed by atoms with Gasteiger partial charge >= 0.3 is 5.69 Å². The standard InChI is InChI=1S/C16H22ClN5O3/c1-21-14(19)13(20-10-11-2-4-12(17)5-3-11)15(23)22(16(21)24)7-9-25-8-6-18/h2-5,20H,6-10,18-19H2,1H3. The summed E-state index contributed by atoms with van der Waals surface area (Å²) in [6.07, 6.45) is 0. The number of nitrogens with one attached hydrogen (secondary N) is 1. The number of anilines is 2. The minimum absolute atomic E-state index is 0.0862. The summed E-state index contributed by atoms with van der Waals surface area (Å²) in [5, 5.41) is 3.63. The Hall–Kier alpha value is -2.29. The Balaban J connectivity index is 2.24. The maximum atomic E-state index is 12.6. The van der Waals surface area contributed by atoms with Crippen molar-refractivity contribution >= 4 is 23.1 Å². The van der Waals surface area contributed by atoms with Crippen LogP contribution in [0.4, 0.5) is 11.5 Å². The number of nitrogens with zero attached hydrogens (tertiary/aromatic N) is 2. The van der Waals surface area contributed by atoms with Crippen molar-refractivity contribution in [2.45, 2.75) is 13.1 Å². The van der Waals surface area contributed by atoms with E-state index >= 15 is 0 Å². The van der Waals surface area contributed by atoms with E-state index in [2.05, 4.69) is 5.32 Å². The van der Waals surface area contributed by atoms with E-state index in [1.807, 2.05) is 12.1 Å². The van der Waals surface area contributed by atoms with Crippen molar-refractivity contribution in [3.05, 3.63) is 55.7 Å². The second kappa shape index (κ2) is 8.70. The average molecular weight is 368 g/mol. The lowest BCUT2D eigenvalue weighted by molar-refractivity contribution is 0.131. The number of ether oxygens (including phenoxy) is 1. The predicted octanol–water partition coefficient (Wildman–Crippen LogP) is 0.370. The Morgan fingerprint density at radius 3 is 2.52 bits per heavy atom. The molecule has 0 aliphatic rings. The number of rotatable bonds is 8. The third kappa shape index (κ3) is 4.62. The van der Waals surface area contributed by atoms with Crippen LogP contribution in [0.2, 0.25) is 5.02 Å². The van der Waals surface area contributed by atoms with Crippen LogP contribution in [0.15, 0.2) is 33.9 Å². The summed E-state index contributed by atoms with van der Waals surface area (Å²) in [7, 11) is 1.52. The summed E-state index contributed by atoms with van der Waals surface area (Å²) >= 11 is 5.86. The zero-order valence-corrected chi connectivity index (χ0v) is 14.8. The smallest absolute Gasteiger partial charge is 0.332 e. The Labute approximate surface area is 150 Å². The normalized spacial score (nSPS) is 10.8. The van der Waals surface area contributed by atoms with Gasteiger partial charge in [0, 0.05) is 25.2 Å². The van der Waals surface area contributed by atoms with Gasteiger partial charge in [0.1, 0.15) is 11.5 Å². The van der Waals surface area contributed by atoms with Gasteiger partial charge in [0.2, 0.25) is 0 Å². The molecule has 2 rings (SSSR count). The molecule has 0 unspecified atom stereocenters. The van der Waals surface area contributed by atoms with Crippen LogP contribution in [0.5, 0.6) is 0 Å². The van der Waals surface area contributed by atoms with Gasteiger partial charge in [0.05, 0.1) is 19.8 Å². The van der Waals surface area contributed by atoms with Gasteiger partial charge in [0.25, 0.3) is 5.56 Å². The first-order valence-corrected chi connectivity index (χ1v) is 8.19. The van der Waals surface area contributed by atoms with Gasteiger partial charge in [-0.05, 0) is 17.7 Å². The quantitative estimate of drug-likeness (QED) is 0.580. The maximum Gasteiger partial charge on any atom is 0.332 e. The number of hydrogen-bond acceptors (Lipinski definition) is 6. The van der Waals surface area contributed by atoms with Gasteiger partial charge in [0.15, 0.2) is 0 Å². The zero-order chi connectivity index (χ0) is 18.4. The largest absolute Gasteiger partial charge is 0.383 e. The molecule has 1 heterocycles. The summed E-state index contributed by atoms with van der Waals surface area (Å²) < 4.78 is 7.58. The van der Waals surface area contributed by atoms with Gasteiger partial charge in [-0.3, -0.25) is 13.9 Å². The van der Waals surface area contributed by atoms with Crippen molar-refractivity contribution in [2.24, 2.45) is 12.8 Å². The summed E-state index contributed by atoms with van der Waals surface area (Å²) in [6, 6.07) is 7.20. The van der Waals surface area contributed by atoms with E-state index in [4.69, 9.17) is 27.8 Å². The fraction of sp³-hybridized carbons (Fsp3) is 0.375. The molecule has 1 aromatic heterocycles. The molecule has 0 aliphatic heterocycles. The van der Waals surface area contributed by atoms with Crippen LogP contribution in [-0.2, 0) is 24.9 Å². The Morgan fingerprint density at radius 2 is 1.88 bits per heavy atom. The fourth-order valence-electron chi connectivity index (χ4n) is 2.28. The molecule has 9 heteroatoms. The molecule has 0 bridgehead atoms. The van der Waals surface area contributed by atoms with Crippen LogP contribution in [0.3, 0.4) is 0 Å². The molecule has 0 atom stereocenters. The molecule has 5 N–H and O–H groups in total. The van der Waals surface area contributed by atoms with Crippen molar-refractivity contribution in [3.8, 4) is 0 Å². The van der Waals surface area contributed by atoms with Gasteiger partial charge in [-0.2, -0.15) is 0 Å². The summed E-state index contributed by atoms with van der Waals surface area (Å²) in [5.74, 6) is 0.0862. The Bertz CT molecular complexity index is 829. The molecule has 0 radical (unpaired) electrons. The number of hydrogen-bond donors (Lipinski definition) is 3. The molecule has 0 fully saturated rings. The second-order valence-corrected chi connectivity index (χ2v) is 5.88. The fourth-order valence-corrected chi connectivity index (χ4v) is 2.41. The molecule has 8 nitrogen and oxygen atoms in total. The van der Waals surface area contributed by atoms with E-state index in [1.54, 1.807) is 12.1 Å². The molecule has 0 saturated heterocycles. The summed E-state index contributed by atoms with van der Waals surface area (Å²) in [5.41, 5.74) is 11.4. The number of benzene rings is 1. The van der Waals surface area contributed by atoms with Gasteiger partial charge < -0.3 is 21.5 Å². The van der Waals surface area contributed by atoms with Crippen molar-refractivity contribution in [1.29, 1.82) is 0 Å². The molecule has 25 heavy (non-hydrogen) atoms. The molecular weight excluding hydrogens is 346 g/mol. The highest BCUT2D eigenvalue weighted by atomic mass is 35.5. The van der Waals surface area contributed by atoms with Crippen molar-refractivity contribution in [3.63, 3.8) is 0 Å². The lowest BCUT2D eigenvalue weighted by Gasteiger charge is -2.15. The van der Waals surface area contributed by atoms with E-state index in [0.717, 1.165) is 10.1 Å². The highest BCUT2D eigenvalue weighted by Gasteiger charge is 2.15. The second-order valence-electron chi connectivity index (χ2n) is 5.44. The van der Waals surface area contributed by atoms with Crippen molar-refractivity contribution in [1.82, 2.24) is 9.13 Å². The molecule has 0 aliphatic carbocycles. The number of aromatic nitrogens is 2. The predicted molar refractivity (Wildman–Crippen MR) is 99.0 cm³/mol. The first-order valence-electron chi connectivity index (χ1n) is 7.81. The maximum absolute atomic E-state index is 12.6. The molecule has 0 saturated carbocycles. The van der Waals surface area contributed by atoms with Crippen LogP contribution >= 0.6 is 11.6 Å². The molecule has 0 amide bonds. The molecule has 136 valence electrons. The number of nitrogens with two attached hydrogens (primary N) is 2. The van der Waals surface area contributed by atoms with E-state index in [1.165, 1.54) is 11.6 Å². The highest BCUT2D eigenvalue weighted by Crippen LogP contribution is 2.13. The van der Waals surface area contributed by atoms with E-state index in [9.17, 15) is 9.59 Å². The van der Waals surface area contributed by atoms with Gasteiger partial charge in [-0.15, -0.1) is 0 Å². The SMILES string of the molecule is Cn1c(N)c(NCc2ccc(Cl)cc2)c(=O)n(CCOCCN)c1=O. The molecule has 1 aromatic carbocycles. The molecule has 0 spiro atoms. The zero-order valence-electron chi connectivity index (χ0n) is 14.0. The Morgan fingerprint density at radius 1 is 1.20 bits per heavy atom. The van der Waals surface area contributed by atoms with Crippen LogP contribution < -0.4 is 28.0 Å². The van der Waals surface area contributed by atoms with Crippen LogP contribution in [-0.4, -0.2) is 28.9 Å². The van der Waals surface area contributed by atoms with E-state index in [-0.39, 0.29) is 24.7 Å². The third-order valence-corrected chi connectivity index (χ3v) is 3.95. The van der Waals surface area contributed by atoms with Crippen molar-refractivity contribution < 1.29 is 4.74 Å². The molecule has 2 aromatic rings. The lowest BCUT2D eigenvalue weighted by atomic mass is 10.2. The number of nitrogen functional groups attached to an aromatic ring is 1. The van der Waals surface area contributed by atoms with Gasteiger partial charge in [-0.1, -0.05) is 23.7 Å². The van der Waals surface area contributed by atoms with E-state index in [0.29, 0.717) is 24.7 Å².